The van der Waals surface area contributed by atoms with Crippen molar-refractivity contribution in [3.05, 3.63) is 62.2 Å². The quantitative estimate of drug-likeness (QED) is 0.487. The second-order valence-corrected chi connectivity index (χ2v) is 8.60. The van der Waals surface area contributed by atoms with Gasteiger partial charge in [-0.25, -0.2) is 0 Å². The van der Waals surface area contributed by atoms with E-state index in [-0.39, 0.29) is 12.1 Å². The summed E-state index contributed by atoms with van der Waals surface area (Å²) in [5, 5.41) is 13.6. The number of non-ortho nitro benzene ring substituents is 1. The molecule has 0 saturated heterocycles. The number of amides is 2. The standard InChI is InChI=1S/C24H29N3O6/c1-13-14(2)21-18(15(3)20(13)32-5)10-11-24(4,33-21)23(29)26-19(22(25)28)12-16-6-8-17(9-7-16)27(30)31/h6-9,19H,10-12H2,1-5H3,(H2,25,28)(H,26,29). The first kappa shape index (κ1) is 24.0. The van der Waals surface area contributed by atoms with Crippen LogP contribution < -0.4 is 20.5 Å². The Kier molecular flexibility index (Phi) is 6.62. The van der Waals surface area contributed by atoms with Gasteiger partial charge in [0.05, 0.1) is 12.0 Å². The van der Waals surface area contributed by atoms with Crippen LogP contribution in [0.5, 0.6) is 11.5 Å². The zero-order valence-electron chi connectivity index (χ0n) is 19.5. The molecule has 2 aromatic carbocycles. The number of ether oxygens (including phenoxy) is 2. The van der Waals surface area contributed by atoms with E-state index >= 15 is 0 Å². The number of nitro groups is 1. The van der Waals surface area contributed by atoms with E-state index in [9.17, 15) is 19.7 Å². The van der Waals surface area contributed by atoms with Crippen molar-refractivity contribution >= 4 is 17.5 Å². The fourth-order valence-electron chi connectivity index (χ4n) is 4.22. The lowest BCUT2D eigenvalue weighted by Gasteiger charge is -2.37. The summed E-state index contributed by atoms with van der Waals surface area (Å²) in [7, 11) is 1.64. The third-order valence-corrected chi connectivity index (χ3v) is 6.41. The van der Waals surface area contributed by atoms with E-state index in [1.165, 1.54) is 24.3 Å². The highest BCUT2D eigenvalue weighted by Crippen LogP contribution is 2.43. The number of nitrogens with two attached hydrogens (primary N) is 1. The fraction of sp³-hybridized carbons (Fsp3) is 0.417. The highest BCUT2D eigenvalue weighted by atomic mass is 16.6. The minimum Gasteiger partial charge on any atom is -0.496 e. The molecule has 1 heterocycles. The van der Waals surface area contributed by atoms with Crippen LogP contribution in [0.4, 0.5) is 5.69 Å². The molecule has 2 aromatic rings. The van der Waals surface area contributed by atoms with Crippen molar-refractivity contribution in [3.63, 3.8) is 0 Å². The van der Waals surface area contributed by atoms with Gasteiger partial charge < -0.3 is 20.5 Å². The molecular weight excluding hydrogens is 426 g/mol. The SMILES string of the molecule is COc1c(C)c(C)c2c(c1C)CCC(C)(C(=O)NC(Cc1ccc([N+](=O)[O-])cc1)C(N)=O)O2. The van der Waals surface area contributed by atoms with Crippen molar-refractivity contribution in [2.75, 3.05) is 7.11 Å². The van der Waals surface area contributed by atoms with E-state index in [4.69, 9.17) is 15.2 Å². The second-order valence-electron chi connectivity index (χ2n) is 8.60. The van der Waals surface area contributed by atoms with Gasteiger partial charge in [-0.3, -0.25) is 19.7 Å². The van der Waals surface area contributed by atoms with Crippen LogP contribution in [0, 0.1) is 30.9 Å². The summed E-state index contributed by atoms with van der Waals surface area (Å²) < 4.78 is 11.8. The molecule has 2 atom stereocenters. The third kappa shape index (κ3) is 4.62. The van der Waals surface area contributed by atoms with Gasteiger partial charge in [-0.05, 0) is 56.4 Å². The minimum absolute atomic E-state index is 0.0576. The number of methoxy groups -OCH3 is 1. The number of benzene rings is 2. The predicted octanol–water partition coefficient (Wildman–Crippen LogP) is 2.83. The monoisotopic (exact) mass is 455 g/mol. The first-order valence-electron chi connectivity index (χ1n) is 10.7. The van der Waals surface area contributed by atoms with Crippen LogP contribution in [0.3, 0.4) is 0 Å². The van der Waals surface area contributed by atoms with Crippen molar-refractivity contribution in [2.45, 2.75) is 58.6 Å². The average Bonchev–Trinajstić information content (AvgIpc) is 2.77. The predicted molar refractivity (Wildman–Crippen MR) is 122 cm³/mol. The van der Waals surface area contributed by atoms with Crippen molar-refractivity contribution in [1.82, 2.24) is 5.32 Å². The average molecular weight is 456 g/mol. The van der Waals surface area contributed by atoms with Crippen molar-refractivity contribution in [1.29, 1.82) is 0 Å². The smallest absolute Gasteiger partial charge is 0.269 e. The van der Waals surface area contributed by atoms with Crippen molar-refractivity contribution < 1.29 is 24.0 Å². The lowest BCUT2D eigenvalue weighted by atomic mass is 9.86. The summed E-state index contributed by atoms with van der Waals surface area (Å²) in [5.74, 6) is 0.346. The third-order valence-electron chi connectivity index (χ3n) is 6.41. The minimum atomic E-state index is -1.19. The Morgan fingerprint density at radius 2 is 1.85 bits per heavy atom. The van der Waals surface area contributed by atoms with E-state index < -0.39 is 28.4 Å². The maximum absolute atomic E-state index is 13.2. The van der Waals surface area contributed by atoms with Crippen molar-refractivity contribution in [2.24, 2.45) is 5.73 Å². The molecule has 176 valence electrons. The molecular formula is C24H29N3O6. The van der Waals surface area contributed by atoms with Crippen LogP contribution in [0.25, 0.3) is 0 Å². The molecule has 3 rings (SSSR count). The first-order chi connectivity index (χ1) is 15.5. The van der Waals surface area contributed by atoms with Crippen LogP contribution in [-0.2, 0) is 22.4 Å². The Morgan fingerprint density at radius 1 is 1.21 bits per heavy atom. The van der Waals surface area contributed by atoms with E-state index in [0.29, 0.717) is 24.2 Å². The van der Waals surface area contributed by atoms with Gasteiger partial charge in [-0.1, -0.05) is 12.1 Å². The van der Waals surface area contributed by atoms with Gasteiger partial charge in [0.1, 0.15) is 17.5 Å². The zero-order valence-corrected chi connectivity index (χ0v) is 19.5. The molecule has 0 spiro atoms. The molecule has 0 aliphatic carbocycles. The largest absolute Gasteiger partial charge is 0.496 e. The number of nitro benzene ring substituents is 1. The van der Waals surface area contributed by atoms with Crippen molar-refractivity contribution in [3.8, 4) is 11.5 Å². The molecule has 3 N–H and O–H groups in total. The first-order valence-corrected chi connectivity index (χ1v) is 10.7. The molecule has 0 fully saturated rings. The molecule has 0 aromatic heterocycles. The number of carbonyl (C=O) groups excluding carboxylic acids is 2. The van der Waals surface area contributed by atoms with Crippen LogP contribution in [0.1, 0.15) is 41.2 Å². The Labute approximate surface area is 192 Å². The number of nitrogens with one attached hydrogen (secondary N) is 1. The molecule has 9 heteroatoms. The number of nitrogens with zero attached hydrogens (tertiary/aromatic N) is 1. The molecule has 2 amide bonds. The number of hydrogen-bond acceptors (Lipinski definition) is 6. The van der Waals surface area contributed by atoms with Crippen LogP contribution >= 0.6 is 0 Å². The lowest BCUT2D eigenvalue weighted by Crippen LogP contribution is -2.56. The molecule has 0 radical (unpaired) electrons. The summed E-state index contributed by atoms with van der Waals surface area (Å²) in [6.07, 6.45) is 1.15. The fourth-order valence-corrected chi connectivity index (χ4v) is 4.22. The summed E-state index contributed by atoms with van der Waals surface area (Å²) in [6, 6.07) is 4.79. The van der Waals surface area contributed by atoms with E-state index in [1.54, 1.807) is 14.0 Å². The second kappa shape index (κ2) is 9.09. The van der Waals surface area contributed by atoms with E-state index in [1.807, 2.05) is 20.8 Å². The van der Waals surface area contributed by atoms with Gasteiger partial charge in [0.15, 0.2) is 5.60 Å². The Balaban J connectivity index is 1.81. The Morgan fingerprint density at radius 3 is 2.39 bits per heavy atom. The summed E-state index contributed by atoms with van der Waals surface area (Å²) in [6.45, 7) is 7.55. The van der Waals surface area contributed by atoms with Gasteiger partial charge >= 0.3 is 0 Å². The van der Waals surface area contributed by atoms with Crippen LogP contribution in [0.2, 0.25) is 0 Å². The zero-order chi connectivity index (χ0) is 24.5. The summed E-state index contributed by atoms with van der Waals surface area (Å²) in [4.78, 5) is 35.6. The molecule has 33 heavy (non-hydrogen) atoms. The highest BCUT2D eigenvalue weighted by molar-refractivity contribution is 5.91. The molecule has 1 aliphatic rings. The molecule has 0 saturated carbocycles. The van der Waals surface area contributed by atoms with Crippen LogP contribution in [0.15, 0.2) is 24.3 Å². The molecule has 1 aliphatic heterocycles. The Hall–Kier alpha value is -3.62. The Bertz CT molecular complexity index is 1110. The molecule has 0 bridgehead atoms. The van der Waals surface area contributed by atoms with Gasteiger partial charge in [-0.15, -0.1) is 0 Å². The summed E-state index contributed by atoms with van der Waals surface area (Å²) >= 11 is 0. The van der Waals surface area contributed by atoms with E-state index in [0.717, 1.165) is 28.0 Å². The molecule has 9 nitrogen and oxygen atoms in total. The highest BCUT2D eigenvalue weighted by Gasteiger charge is 2.42. The van der Waals surface area contributed by atoms with E-state index in [2.05, 4.69) is 5.32 Å². The number of hydrogen-bond donors (Lipinski definition) is 2. The number of fused-ring (bicyclic) bond motifs is 1. The number of rotatable bonds is 7. The lowest BCUT2D eigenvalue weighted by molar-refractivity contribution is -0.384. The topological polar surface area (TPSA) is 134 Å². The number of primary amides is 1. The number of carbonyl (C=O) groups is 2. The van der Waals surface area contributed by atoms with Gasteiger partial charge in [0.25, 0.3) is 11.6 Å². The van der Waals surface area contributed by atoms with Crippen LogP contribution in [-0.4, -0.2) is 35.5 Å². The molecule has 2 unspecified atom stereocenters. The maximum Gasteiger partial charge on any atom is 0.269 e. The maximum atomic E-state index is 13.2. The summed E-state index contributed by atoms with van der Waals surface area (Å²) in [5.41, 5.74) is 8.79. The van der Waals surface area contributed by atoms with Gasteiger partial charge in [-0.2, -0.15) is 0 Å². The normalized spacial score (nSPS) is 18.0. The van der Waals surface area contributed by atoms with Gasteiger partial charge in [0.2, 0.25) is 5.91 Å². The van der Waals surface area contributed by atoms with Gasteiger partial charge in [0, 0.05) is 30.5 Å².